The standard InChI is InChI=1S/C15H31N.6FH.Sb/c1-3-4-5-6-7-8-9-10-12-16-13-11-15(2)14-16;;;;;;;/h15H,3-14H2,1-2H3;6*1H;/q;;;;;;;+5/p-5. The second kappa shape index (κ2) is 9.17. The van der Waals surface area contributed by atoms with Crippen LogP contribution in [0.5, 0.6) is 0 Å². The topological polar surface area (TPSA) is 4.44 Å². The summed E-state index contributed by atoms with van der Waals surface area (Å²) in [4.78, 5) is 1.87. The van der Waals surface area contributed by atoms with Gasteiger partial charge in [0.05, 0.1) is 19.6 Å². The van der Waals surface area contributed by atoms with Crippen molar-refractivity contribution in [3.8, 4) is 0 Å². The summed E-state index contributed by atoms with van der Waals surface area (Å²) in [6.45, 7) is 9.02. The molecule has 0 saturated carbocycles. The van der Waals surface area contributed by atoms with Crippen molar-refractivity contribution >= 4 is 19.5 Å². The van der Waals surface area contributed by atoms with Crippen LogP contribution in [0.15, 0.2) is 0 Å². The van der Waals surface area contributed by atoms with E-state index in [0.717, 1.165) is 5.92 Å². The first-order valence-corrected chi connectivity index (χ1v) is 14.5. The number of nitrogens with one attached hydrogen (secondary N) is 1. The number of hydrogen-bond acceptors (Lipinski definition) is 0. The van der Waals surface area contributed by atoms with Crippen LogP contribution in [0.4, 0.5) is 16.9 Å². The molecule has 1 aliphatic heterocycles. The Labute approximate surface area is 138 Å². The Kier molecular flexibility index (Phi) is 9.31. The minimum atomic E-state index is -11.2. The van der Waals surface area contributed by atoms with Crippen molar-refractivity contribution in [1.82, 2.24) is 0 Å². The summed E-state index contributed by atoms with van der Waals surface area (Å²) in [6, 6.07) is 0. The van der Waals surface area contributed by atoms with E-state index in [1.807, 2.05) is 4.90 Å². The Balaban J connectivity index is 0.000000585. The molecular weight excluding hydrogens is 430 g/mol. The molecule has 144 valence electrons. The molecule has 1 aliphatic rings. The molecule has 8 heteroatoms. The molecule has 0 radical (unpaired) electrons. The maximum absolute atomic E-state index is 11.2. The van der Waals surface area contributed by atoms with Gasteiger partial charge in [-0.1, -0.05) is 52.4 Å². The molecule has 2 atom stereocenters. The number of halogens is 6. The Hall–Kier alpha value is 0.358. The molecule has 1 heterocycles. The van der Waals surface area contributed by atoms with Crippen LogP contribution in [0.3, 0.4) is 0 Å². The van der Waals surface area contributed by atoms with E-state index in [1.54, 1.807) is 0 Å². The van der Waals surface area contributed by atoms with Crippen LogP contribution in [0, 0.1) is 5.92 Å². The number of rotatable bonds is 9. The van der Waals surface area contributed by atoms with E-state index in [9.17, 15) is 16.9 Å². The Morgan fingerprint density at radius 3 is 1.65 bits per heavy atom. The summed E-state index contributed by atoms with van der Waals surface area (Å²) in [6.07, 6.45) is 13.1. The molecule has 2 unspecified atom stereocenters. The van der Waals surface area contributed by atoms with E-state index in [-0.39, 0.29) is 0 Å². The van der Waals surface area contributed by atoms with Crippen LogP contribution >= 0.6 is 0 Å². The molecule has 1 rings (SSSR count). The van der Waals surface area contributed by atoms with Gasteiger partial charge in [-0.3, -0.25) is 0 Å². The normalized spacial score (nSPS) is 24.5. The summed E-state index contributed by atoms with van der Waals surface area (Å²) in [5.41, 5.74) is 0. The SMILES string of the molecule is CCCCCCCCCC[NH+]1CCC(C)C1.[F][Sb-]([F])([F])([F])([F])[F]. The first kappa shape index (κ1) is 23.4. The van der Waals surface area contributed by atoms with E-state index in [2.05, 4.69) is 13.8 Å². The van der Waals surface area contributed by atoms with Gasteiger partial charge >= 0.3 is 36.4 Å². The van der Waals surface area contributed by atoms with E-state index in [1.165, 1.54) is 77.4 Å². The fourth-order valence-electron chi connectivity index (χ4n) is 2.88. The van der Waals surface area contributed by atoms with Crippen LogP contribution in [0.1, 0.15) is 71.6 Å². The van der Waals surface area contributed by atoms with Gasteiger partial charge < -0.3 is 4.90 Å². The van der Waals surface area contributed by atoms with Gasteiger partial charge in [0, 0.05) is 12.3 Å². The van der Waals surface area contributed by atoms with Crippen molar-refractivity contribution in [2.45, 2.75) is 71.6 Å². The molecule has 0 spiro atoms. The van der Waals surface area contributed by atoms with Gasteiger partial charge in [0.25, 0.3) is 0 Å². The second-order valence-corrected chi connectivity index (χ2v) is 12.3. The Morgan fingerprint density at radius 2 is 1.26 bits per heavy atom. The zero-order valence-electron chi connectivity index (χ0n) is 14.3. The van der Waals surface area contributed by atoms with Gasteiger partial charge in [-0.05, 0) is 12.8 Å². The van der Waals surface area contributed by atoms with Crippen molar-refractivity contribution in [2.24, 2.45) is 5.92 Å². The molecular formula is C15H32F6NSb. The van der Waals surface area contributed by atoms with Crippen LogP contribution in [-0.2, 0) is 0 Å². The summed E-state index contributed by atoms with van der Waals surface area (Å²) in [7, 11) is 0. The van der Waals surface area contributed by atoms with Gasteiger partial charge in [-0.25, -0.2) is 0 Å². The van der Waals surface area contributed by atoms with E-state index in [0.29, 0.717) is 0 Å². The minimum absolute atomic E-state index is 0.990. The molecule has 1 N–H and O–H groups in total. The average Bonchev–Trinajstić information content (AvgIpc) is 2.75. The van der Waals surface area contributed by atoms with Crippen molar-refractivity contribution in [1.29, 1.82) is 0 Å². The maximum atomic E-state index is 9.93. The molecule has 0 aliphatic carbocycles. The Morgan fingerprint density at radius 1 is 0.826 bits per heavy atom. The number of hydrogen-bond donors (Lipinski definition) is 1. The van der Waals surface area contributed by atoms with Crippen molar-refractivity contribution < 1.29 is 21.8 Å². The molecule has 1 nitrogen and oxygen atoms in total. The zero-order chi connectivity index (χ0) is 18.0. The van der Waals surface area contributed by atoms with Gasteiger partial charge in [-0.15, -0.1) is 0 Å². The van der Waals surface area contributed by atoms with E-state index >= 15 is 0 Å². The second-order valence-electron chi connectivity index (χ2n) is 6.78. The van der Waals surface area contributed by atoms with Gasteiger partial charge in [0.15, 0.2) is 0 Å². The van der Waals surface area contributed by atoms with Gasteiger partial charge in [0.2, 0.25) is 0 Å². The molecule has 0 amide bonds. The fraction of sp³-hybridized carbons (Fsp3) is 1.00. The first-order valence-electron chi connectivity index (χ1n) is 8.68. The van der Waals surface area contributed by atoms with Crippen molar-refractivity contribution in [3.63, 3.8) is 0 Å². The predicted molar refractivity (Wildman–Crippen MR) is 84.4 cm³/mol. The van der Waals surface area contributed by atoms with Crippen LogP contribution in [-0.4, -0.2) is 39.1 Å². The summed E-state index contributed by atoms with van der Waals surface area (Å²) in [5, 5.41) is 0. The van der Waals surface area contributed by atoms with Gasteiger partial charge in [-0.2, -0.15) is 0 Å². The van der Waals surface area contributed by atoms with E-state index in [4.69, 9.17) is 0 Å². The number of unbranched alkanes of at least 4 members (excludes halogenated alkanes) is 7. The third-order valence-electron chi connectivity index (χ3n) is 4.01. The monoisotopic (exact) mass is 461 g/mol. The molecule has 0 aromatic carbocycles. The Bertz CT molecular complexity index is 304. The summed E-state index contributed by atoms with van der Waals surface area (Å²) < 4.78 is 59.6. The van der Waals surface area contributed by atoms with E-state index < -0.39 is 19.5 Å². The van der Waals surface area contributed by atoms with Crippen LogP contribution in [0.25, 0.3) is 0 Å². The summed E-state index contributed by atoms with van der Waals surface area (Å²) >= 11 is -11.2. The van der Waals surface area contributed by atoms with Gasteiger partial charge in [0.1, 0.15) is 0 Å². The zero-order valence-corrected chi connectivity index (χ0v) is 16.8. The third-order valence-corrected chi connectivity index (χ3v) is 4.01. The van der Waals surface area contributed by atoms with Crippen LogP contribution in [0.2, 0.25) is 0 Å². The molecule has 0 aromatic rings. The number of quaternary nitrogens is 1. The average molecular weight is 462 g/mol. The predicted octanol–water partition coefficient (Wildman–Crippen LogP) is 5.19. The van der Waals surface area contributed by atoms with Crippen LogP contribution < -0.4 is 4.90 Å². The molecule has 0 aromatic heterocycles. The number of likely N-dealkylation sites (tertiary alicyclic amines) is 1. The van der Waals surface area contributed by atoms with Crippen molar-refractivity contribution in [3.05, 3.63) is 0 Å². The molecule has 0 bridgehead atoms. The molecule has 1 fully saturated rings. The first-order chi connectivity index (χ1) is 10.3. The third kappa shape index (κ3) is 24.7. The molecule has 23 heavy (non-hydrogen) atoms. The molecule has 1 saturated heterocycles. The fourth-order valence-corrected chi connectivity index (χ4v) is 2.88. The quantitative estimate of drug-likeness (QED) is 0.273. The van der Waals surface area contributed by atoms with Crippen molar-refractivity contribution in [2.75, 3.05) is 19.6 Å². The summed E-state index contributed by atoms with van der Waals surface area (Å²) in [5.74, 6) is 0.990.